The molecule has 0 aliphatic rings. The summed E-state index contributed by atoms with van der Waals surface area (Å²) in [5.74, 6) is -0.214. The van der Waals surface area contributed by atoms with Crippen LogP contribution < -0.4 is 0 Å². The number of nitrogens with zero attached hydrogens (tertiary/aromatic N) is 5. The minimum atomic E-state index is -4.51. The molecule has 0 N–H and O–H groups in total. The normalized spacial score (nSPS) is 11.3. The van der Waals surface area contributed by atoms with Crippen LogP contribution >= 0.6 is 0 Å². The number of hydrogen-bond donors (Lipinski definition) is 0. The summed E-state index contributed by atoms with van der Waals surface area (Å²) in [6.45, 7) is 0.719. The van der Waals surface area contributed by atoms with Gasteiger partial charge in [0.25, 0.3) is 5.91 Å². The van der Waals surface area contributed by atoms with E-state index in [2.05, 4.69) is 15.1 Å². The zero-order valence-electron chi connectivity index (χ0n) is 16.8. The predicted molar refractivity (Wildman–Crippen MR) is 111 cm³/mol. The Kier molecular flexibility index (Phi) is 5.98. The Morgan fingerprint density at radius 1 is 0.875 bits per heavy atom. The van der Waals surface area contributed by atoms with Crippen molar-refractivity contribution in [2.75, 3.05) is 0 Å². The minimum Gasteiger partial charge on any atom is -0.330 e. The van der Waals surface area contributed by atoms with E-state index in [0.717, 1.165) is 21.9 Å². The summed E-state index contributed by atoms with van der Waals surface area (Å²) in [7, 11) is 0. The summed E-state index contributed by atoms with van der Waals surface area (Å²) in [6, 6.07) is 14.6. The van der Waals surface area contributed by atoms with Crippen molar-refractivity contribution in [3.8, 4) is 5.69 Å². The smallest absolute Gasteiger partial charge is 0.330 e. The fourth-order valence-corrected chi connectivity index (χ4v) is 3.18. The highest BCUT2D eigenvalue weighted by Gasteiger charge is 2.33. The number of hydrogen-bond acceptors (Lipinski definition) is 4. The van der Waals surface area contributed by atoms with Gasteiger partial charge in [-0.1, -0.05) is 6.07 Å². The Morgan fingerprint density at radius 2 is 1.59 bits per heavy atom. The summed E-state index contributed by atoms with van der Waals surface area (Å²) in [6.07, 6.45) is 3.41. The van der Waals surface area contributed by atoms with Gasteiger partial charge < -0.3 is 4.90 Å². The van der Waals surface area contributed by atoms with Crippen LogP contribution in [-0.4, -0.2) is 30.6 Å². The lowest BCUT2D eigenvalue weighted by Crippen LogP contribution is -2.30. The molecule has 3 aromatic heterocycles. The van der Waals surface area contributed by atoms with Crippen LogP contribution in [0, 0.1) is 0 Å². The van der Waals surface area contributed by atoms with Crippen molar-refractivity contribution in [2.45, 2.75) is 19.3 Å². The Bertz CT molecular complexity index is 1130. The fourth-order valence-electron chi connectivity index (χ4n) is 3.18. The van der Waals surface area contributed by atoms with Gasteiger partial charge in [0, 0.05) is 49.6 Å². The molecule has 0 spiro atoms. The van der Waals surface area contributed by atoms with Crippen molar-refractivity contribution in [1.29, 1.82) is 0 Å². The number of carbonyl (C=O) groups excluding carboxylic acids is 1. The second-order valence-corrected chi connectivity index (χ2v) is 7.07. The van der Waals surface area contributed by atoms with Crippen molar-refractivity contribution in [3.63, 3.8) is 0 Å². The van der Waals surface area contributed by atoms with E-state index in [1.165, 1.54) is 6.20 Å². The largest absolute Gasteiger partial charge is 0.435 e. The second kappa shape index (κ2) is 9.01. The summed E-state index contributed by atoms with van der Waals surface area (Å²) in [4.78, 5) is 23.0. The van der Waals surface area contributed by atoms with Crippen molar-refractivity contribution in [1.82, 2.24) is 24.6 Å². The monoisotopic (exact) mass is 437 g/mol. The van der Waals surface area contributed by atoms with E-state index in [1.807, 2.05) is 18.2 Å². The standard InChI is InChI=1S/C23H18F3N5O/c24-23(25,26)21-9-13-31(29-21)20-5-3-19(4-6-20)22(32)30(15-17-7-11-27-12-8-17)16-18-2-1-10-28-14-18/h1-14H,15-16H2. The van der Waals surface area contributed by atoms with E-state index in [9.17, 15) is 18.0 Å². The predicted octanol–water partition coefficient (Wildman–Crippen LogP) is 4.52. The van der Waals surface area contributed by atoms with Crippen LogP contribution in [0.15, 0.2) is 85.6 Å². The van der Waals surface area contributed by atoms with Gasteiger partial charge in [0.05, 0.1) is 5.69 Å². The molecule has 1 amide bonds. The molecule has 0 fully saturated rings. The van der Waals surface area contributed by atoms with E-state index in [0.29, 0.717) is 24.3 Å². The van der Waals surface area contributed by atoms with Crippen LogP contribution in [0.1, 0.15) is 27.2 Å². The lowest BCUT2D eigenvalue weighted by atomic mass is 10.1. The first-order valence-electron chi connectivity index (χ1n) is 9.70. The van der Waals surface area contributed by atoms with Crippen LogP contribution in [0.3, 0.4) is 0 Å². The molecule has 9 heteroatoms. The van der Waals surface area contributed by atoms with Gasteiger partial charge in [0.15, 0.2) is 5.69 Å². The fraction of sp³-hybridized carbons (Fsp3) is 0.130. The van der Waals surface area contributed by atoms with Crippen molar-refractivity contribution < 1.29 is 18.0 Å². The quantitative estimate of drug-likeness (QED) is 0.445. The molecule has 0 saturated carbocycles. The van der Waals surface area contributed by atoms with Crippen LogP contribution in [-0.2, 0) is 19.3 Å². The number of carbonyl (C=O) groups is 1. The SMILES string of the molecule is O=C(c1ccc(-n2ccc(C(F)(F)F)n2)cc1)N(Cc1ccncc1)Cc1cccnc1. The first-order chi connectivity index (χ1) is 15.4. The molecule has 6 nitrogen and oxygen atoms in total. The number of aromatic nitrogens is 4. The minimum absolute atomic E-state index is 0.214. The second-order valence-electron chi connectivity index (χ2n) is 7.07. The van der Waals surface area contributed by atoms with Crippen LogP contribution in [0.2, 0.25) is 0 Å². The maximum absolute atomic E-state index is 13.3. The zero-order chi connectivity index (χ0) is 22.6. The number of rotatable bonds is 6. The average molecular weight is 437 g/mol. The molecule has 162 valence electrons. The first-order valence-corrected chi connectivity index (χ1v) is 9.70. The van der Waals surface area contributed by atoms with Gasteiger partial charge in [-0.3, -0.25) is 14.8 Å². The number of amides is 1. The average Bonchev–Trinajstić information content (AvgIpc) is 3.31. The number of alkyl halides is 3. The molecule has 0 bridgehead atoms. The molecule has 0 aliphatic carbocycles. The lowest BCUT2D eigenvalue weighted by Gasteiger charge is -2.23. The Balaban J connectivity index is 1.56. The summed E-state index contributed by atoms with van der Waals surface area (Å²) < 4.78 is 39.5. The highest BCUT2D eigenvalue weighted by atomic mass is 19.4. The molecule has 0 aliphatic heterocycles. The van der Waals surface area contributed by atoms with Gasteiger partial charge in [-0.15, -0.1) is 0 Å². The van der Waals surface area contributed by atoms with E-state index in [4.69, 9.17) is 0 Å². The first kappa shape index (κ1) is 21.2. The maximum atomic E-state index is 13.3. The highest BCUT2D eigenvalue weighted by molar-refractivity contribution is 5.94. The Morgan fingerprint density at radius 3 is 2.22 bits per heavy atom. The molecular formula is C23H18F3N5O. The van der Waals surface area contributed by atoms with Gasteiger partial charge in [-0.25, -0.2) is 4.68 Å². The van der Waals surface area contributed by atoms with Crippen molar-refractivity contribution >= 4 is 5.91 Å². The molecule has 4 rings (SSSR count). The van der Waals surface area contributed by atoms with E-state index in [1.54, 1.807) is 60.0 Å². The van der Waals surface area contributed by atoms with Crippen molar-refractivity contribution in [3.05, 3.63) is 108 Å². The van der Waals surface area contributed by atoms with Gasteiger partial charge >= 0.3 is 6.18 Å². The highest BCUT2D eigenvalue weighted by Crippen LogP contribution is 2.28. The molecular weight excluding hydrogens is 419 g/mol. The summed E-state index contributed by atoms with van der Waals surface area (Å²) in [5, 5.41) is 3.56. The molecule has 3 heterocycles. The van der Waals surface area contributed by atoms with E-state index in [-0.39, 0.29) is 5.91 Å². The molecule has 1 aromatic carbocycles. The third-order valence-electron chi connectivity index (χ3n) is 4.76. The van der Waals surface area contributed by atoms with Crippen LogP contribution in [0.25, 0.3) is 5.69 Å². The number of pyridine rings is 2. The van der Waals surface area contributed by atoms with Crippen LogP contribution in [0.5, 0.6) is 0 Å². The summed E-state index contributed by atoms with van der Waals surface area (Å²) in [5.41, 5.74) is 1.66. The van der Waals surface area contributed by atoms with E-state index >= 15 is 0 Å². The van der Waals surface area contributed by atoms with Gasteiger partial charge in [-0.2, -0.15) is 18.3 Å². The zero-order valence-corrected chi connectivity index (χ0v) is 16.8. The van der Waals surface area contributed by atoms with E-state index < -0.39 is 11.9 Å². The molecule has 0 unspecified atom stereocenters. The third-order valence-corrected chi connectivity index (χ3v) is 4.76. The molecule has 4 aromatic rings. The summed E-state index contributed by atoms with van der Waals surface area (Å²) >= 11 is 0. The number of halogens is 3. The number of benzene rings is 1. The van der Waals surface area contributed by atoms with Crippen LogP contribution in [0.4, 0.5) is 13.2 Å². The lowest BCUT2D eigenvalue weighted by molar-refractivity contribution is -0.141. The van der Waals surface area contributed by atoms with Gasteiger partial charge in [0.1, 0.15) is 0 Å². The molecule has 0 atom stereocenters. The van der Waals surface area contributed by atoms with Crippen molar-refractivity contribution in [2.24, 2.45) is 0 Å². The third kappa shape index (κ3) is 5.00. The molecule has 0 saturated heterocycles. The Labute approximate surface area is 182 Å². The Hall–Kier alpha value is -4.01. The molecule has 0 radical (unpaired) electrons. The van der Waals surface area contributed by atoms with Gasteiger partial charge in [-0.05, 0) is 59.7 Å². The topological polar surface area (TPSA) is 63.9 Å². The van der Waals surface area contributed by atoms with Gasteiger partial charge in [0.2, 0.25) is 0 Å². The molecule has 32 heavy (non-hydrogen) atoms. The maximum Gasteiger partial charge on any atom is 0.435 e.